The standard InChI is InChI=1S/C16H24BrN3O/c1-2-11-5-7-16(21,8-6-11)10-18-14-9-13(17)19-15(20-14)12-3-4-12/h9,11-12,21H,2-8,10H2,1H3,(H,18,19,20). The van der Waals surface area contributed by atoms with E-state index in [1.54, 1.807) is 0 Å². The number of anilines is 1. The monoisotopic (exact) mass is 353 g/mol. The van der Waals surface area contributed by atoms with E-state index >= 15 is 0 Å². The van der Waals surface area contributed by atoms with Gasteiger partial charge in [0, 0.05) is 18.5 Å². The molecular weight excluding hydrogens is 330 g/mol. The lowest BCUT2D eigenvalue weighted by Crippen LogP contribution is -2.40. The molecule has 0 saturated heterocycles. The first kappa shape index (κ1) is 15.2. The van der Waals surface area contributed by atoms with Crippen LogP contribution in [0.25, 0.3) is 0 Å². The summed E-state index contributed by atoms with van der Waals surface area (Å²) in [7, 11) is 0. The Balaban J connectivity index is 1.59. The van der Waals surface area contributed by atoms with E-state index in [1.807, 2.05) is 6.07 Å². The Labute approximate surface area is 134 Å². The Bertz CT molecular complexity index is 496. The van der Waals surface area contributed by atoms with Crippen LogP contribution < -0.4 is 5.32 Å². The highest BCUT2D eigenvalue weighted by atomic mass is 79.9. The number of rotatable bonds is 5. The molecule has 4 nitrogen and oxygen atoms in total. The Morgan fingerprint density at radius 3 is 2.62 bits per heavy atom. The average molecular weight is 354 g/mol. The highest BCUT2D eigenvalue weighted by Gasteiger charge is 2.33. The molecule has 2 saturated carbocycles. The van der Waals surface area contributed by atoms with Crippen molar-refractivity contribution in [2.75, 3.05) is 11.9 Å². The van der Waals surface area contributed by atoms with E-state index in [1.165, 1.54) is 19.3 Å². The molecule has 21 heavy (non-hydrogen) atoms. The third kappa shape index (κ3) is 3.95. The molecule has 0 bridgehead atoms. The van der Waals surface area contributed by atoms with Crippen molar-refractivity contribution in [2.45, 2.75) is 63.4 Å². The molecule has 2 fully saturated rings. The van der Waals surface area contributed by atoms with Crippen molar-refractivity contribution >= 4 is 21.7 Å². The van der Waals surface area contributed by atoms with E-state index in [2.05, 4.69) is 38.1 Å². The summed E-state index contributed by atoms with van der Waals surface area (Å²) in [6.45, 7) is 2.82. The van der Waals surface area contributed by atoms with Crippen molar-refractivity contribution in [1.82, 2.24) is 9.97 Å². The van der Waals surface area contributed by atoms with Gasteiger partial charge in [-0.25, -0.2) is 9.97 Å². The quantitative estimate of drug-likeness (QED) is 0.789. The van der Waals surface area contributed by atoms with Crippen LogP contribution in [-0.4, -0.2) is 27.2 Å². The van der Waals surface area contributed by atoms with Gasteiger partial charge < -0.3 is 10.4 Å². The summed E-state index contributed by atoms with van der Waals surface area (Å²) >= 11 is 3.45. The second kappa shape index (κ2) is 6.21. The number of nitrogens with zero attached hydrogens (tertiary/aromatic N) is 2. The molecule has 1 aromatic rings. The molecule has 3 rings (SSSR count). The summed E-state index contributed by atoms with van der Waals surface area (Å²) < 4.78 is 0.823. The minimum absolute atomic E-state index is 0.533. The molecule has 2 N–H and O–H groups in total. The molecule has 0 atom stereocenters. The Morgan fingerprint density at radius 2 is 2.00 bits per heavy atom. The number of halogens is 1. The van der Waals surface area contributed by atoms with Crippen LogP contribution in [0.2, 0.25) is 0 Å². The van der Waals surface area contributed by atoms with Gasteiger partial charge in [0.25, 0.3) is 0 Å². The topological polar surface area (TPSA) is 58.0 Å². The molecule has 5 heteroatoms. The van der Waals surface area contributed by atoms with Gasteiger partial charge in [-0.05, 0) is 60.4 Å². The van der Waals surface area contributed by atoms with E-state index in [0.29, 0.717) is 12.5 Å². The van der Waals surface area contributed by atoms with Gasteiger partial charge in [-0.1, -0.05) is 13.3 Å². The summed E-state index contributed by atoms with van der Waals surface area (Å²) in [5.74, 6) is 3.07. The highest BCUT2D eigenvalue weighted by molar-refractivity contribution is 9.10. The van der Waals surface area contributed by atoms with Crippen LogP contribution in [-0.2, 0) is 0 Å². The summed E-state index contributed by atoms with van der Waals surface area (Å²) in [6, 6.07) is 1.90. The first-order valence-electron chi connectivity index (χ1n) is 8.09. The van der Waals surface area contributed by atoms with Crippen molar-refractivity contribution in [3.8, 4) is 0 Å². The molecular formula is C16H24BrN3O. The Kier molecular flexibility index (Phi) is 4.50. The maximum Gasteiger partial charge on any atom is 0.135 e. The SMILES string of the molecule is CCC1CCC(O)(CNc2cc(Br)nc(C3CC3)n2)CC1. The second-order valence-electron chi connectivity index (χ2n) is 6.64. The van der Waals surface area contributed by atoms with Crippen molar-refractivity contribution in [3.05, 3.63) is 16.5 Å². The molecule has 1 heterocycles. The lowest BCUT2D eigenvalue weighted by molar-refractivity contribution is 0.00222. The number of aromatic nitrogens is 2. The number of aliphatic hydroxyl groups is 1. The van der Waals surface area contributed by atoms with E-state index in [9.17, 15) is 5.11 Å². The molecule has 0 amide bonds. The van der Waals surface area contributed by atoms with Crippen LogP contribution in [0.15, 0.2) is 10.7 Å². The molecule has 0 unspecified atom stereocenters. The van der Waals surface area contributed by atoms with Crippen LogP contribution in [0.4, 0.5) is 5.82 Å². The van der Waals surface area contributed by atoms with Gasteiger partial charge in [0.05, 0.1) is 5.60 Å². The minimum atomic E-state index is -0.581. The van der Waals surface area contributed by atoms with Gasteiger partial charge in [0.2, 0.25) is 0 Å². The minimum Gasteiger partial charge on any atom is -0.388 e. The zero-order chi connectivity index (χ0) is 14.9. The summed E-state index contributed by atoms with van der Waals surface area (Å²) in [6.07, 6.45) is 7.66. The van der Waals surface area contributed by atoms with Gasteiger partial charge in [-0.15, -0.1) is 0 Å². The summed E-state index contributed by atoms with van der Waals surface area (Å²) in [5.41, 5.74) is -0.581. The van der Waals surface area contributed by atoms with Crippen molar-refractivity contribution in [1.29, 1.82) is 0 Å². The van der Waals surface area contributed by atoms with Gasteiger partial charge >= 0.3 is 0 Å². The van der Waals surface area contributed by atoms with Gasteiger partial charge in [0.1, 0.15) is 16.2 Å². The fraction of sp³-hybridized carbons (Fsp3) is 0.750. The van der Waals surface area contributed by atoms with E-state index in [4.69, 9.17) is 0 Å². The predicted octanol–water partition coefficient (Wildman–Crippen LogP) is 3.86. The maximum atomic E-state index is 10.7. The van der Waals surface area contributed by atoms with Gasteiger partial charge in [0.15, 0.2) is 0 Å². The fourth-order valence-electron chi connectivity index (χ4n) is 3.10. The molecule has 0 radical (unpaired) electrons. The summed E-state index contributed by atoms with van der Waals surface area (Å²) in [4.78, 5) is 9.01. The normalized spacial score (nSPS) is 29.4. The van der Waals surface area contributed by atoms with E-state index in [0.717, 1.165) is 47.8 Å². The maximum absolute atomic E-state index is 10.7. The van der Waals surface area contributed by atoms with Gasteiger partial charge in [-0.3, -0.25) is 0 Å². The first-order valence-corrected chi connectivity index (χ1v) is 8.88. The number of hydrogen-bond acceptors (Lipinski definition) is 4. The average Bonchev–Trinajstić information content (AvgIpc) is 3.30. The van der Waals surface area contributed by atoms with Crippen molar-refractivity contribution < 1.29 is 5.11 Å². The molecule has 0 spiro atoms. The van der Waals surface area contributed by atoms with Crippen LogP contribution >= 0.6 is 15.9 Å². The molecule has 0 aromatic carbocycles. The van der Waals surface area contributed by atoms with Crippen LogP contribution in [0.5, 0.6) is 0 Å². The third-order valence-electron chi connectivity index (χ3n) is 4.87. The first-order chi connectivity index (χ1) is 10.1. The predicted molar refractivity (Wildman–Crippen MR) is 87.4 cm³/mol. The smallest absolute Gasteiger partial charge is 0.135 e. The van der Waals surface area contributed by atoms with Crippen LogP contribution in [0.1, 0.15) is 63.6 Å². The molecule has 1 aromatic heterocycles. The van der Waals surface area contributed by atoms with Crippen molar-refractivity contribution in [2.24, 2.45) is 5.92 Å². The van der Waals surface area contributed by atoms with Crippen LogP contribution in [0, 0.1) is 5.92 Å². The van der Waals surface area contributed by atoms with E-state index in [-0.39, 0.29) is 0 Å². The Hall–Kier alpha value is -0.680. The van der Waals surface area contributed by atoms with Crippen molar-refractivity contribution in [3.63, 3.8) is 0 Å². The molecule has 0 aliphatic heterocycles. The molecule has 2 aliphatic rings. The largest absolute Gasteiger partial charge is 0.388 e. The Morgan fingerprint density at radius 1 is 1.29 bits per heavy atom. The zero-order valence-corrected chi connectivity index (χ0v) is 14.2. The summed E-state index contributed by atoms with van der Waals surface area (Å²) in [5, 5.41) is 14.0. The molecule has 2 aliphatic carbocycles. The highest BCUT2D eigenvalue weighted by Crippen LogP contribution is 2.39. The third-order valence-corrected chi connectivity index (χ3v) is 5.27. The lowest BCUT2D eigenvalue weighted by atomic mass is 9.78. The fourth-order valence-corrected chi connectivity index (χ4v) is 3.50. The molecule has 116 valence electrons. The lowest BCUT2D eigenvalue weighted by Gasteiger charge is -2.36. The number of nitrogens with one attached hydrogen (secondary N) is 1. The van der Waals surface area contributed by atoms with E-state index < -0.39 is 5.60 Å². The second-order valence-corrected chi connectivity index (χ2v) is 7.45. The van der Waals surface area contributed by atoms with Gasteiger partial charge in [-0.2, -0.15) is 0 Å². The number of hydrogen-bond donors (Lipinski definition) is 2. The zero-order valence-electron chi connectivity index (χ0n) is 12.6. The van der Waals surface area contributed by atoms with Crippen LogP contribution in [0.3, 0.4) is 0 Å².